The van der Waals surface area contributed by atoms with E-state index in [0.29, 0.717) is 19.7 Å². The summed E-state index contributed by atoms with van der Waals surface area (Å²) < 4.78 is 5.38. The monoisotopic (exact) mass is 710 g/mol. The maximum atomic E-state index is 12.1. The van der Waals surface area contributed by atoms with Crippen LogP contribution in [-0.4, -0.2) is 94.4 Å². The van der Waals surface area contributed by atoms with Crippen molar-refractivity contribution in [2.45, 2.75) is 13.2 Å². The lowest BCUT2D eigenvalue weighted by molar-refractivity contribution is 0.0942. The molecule has 1 amide bonds. The van der Waals surface area contributed by atoms with E-state index in [1.54, 1.807) is 4.90 Å². The summed E-state index contributed by atoms with van der Waals surface area (Å²) in [5, 5.41) is 3.34. The first-order valence-electron chi connectivity index (χ1n) is 19.0. The number of rotatable bonds is 7. The number of piperazine rings is 3. The van der Waals surface area contributed by atoms with Crippen LogP contribution in [-0.2, 0) is 17.9 Å². The molecule has 0 radical (unpaired) electrons. The molecule has 0 spiro atoms. The van der Waals surface area contributed by atoms with Crippen LogP contribution in [0.2, 0.25) is 0 Å². The smallest absolute Gasteiger partial charge is 0.410 e. The van der Waals surface area contributed by atoms with Crippen molar-refractivity contribution < 1.29 is 9.53 Å². The van der Waals surface area contributed by atoms with Gasteiger partial charge in [-0.25, -0.2) is 4.79 Å². The normalized spacial score (nSPS) is 16.1. The number of carbonyl (C=O) groups excluding carboxylic acids is 1. The van der Waals surface area contributed by atoms with Crippen LogP contribution >= 0.6 is 0 Å². The number of hydrogen-bond donors (Lipinski definition) is 1. The summed E-state index contributed by atoms with van der Waals surface area (Å²) in [7, 11) is 0. The maximum absolute atomic E-state index is 12.1. The molecule has 0 aliphatic carbocycles. The second-order valence-electron chi connectivity index (χ2n) is 13.5. The summed E-state index contributed by atoms with van der Waals surface area (Å²) in [6.45, 7) is 13.5. The van der Waals surface area contributed by atoms with Crippen molar-refractivity contribution in [3.63, 3.8) is 0 Å². The van der Waals surface area contributed by atoms with Crippen LogP contribution in [0.5, 0.6) is 0 Å². The minimum Gasteiger partial charge on any atom is -0.445 e. The highest BCUT2D eigenvalue weighted by molar-refractivity contribution is 5.68. The van der Waals surface area contributed by atoms with E-state index >= 15 is 0 Å². The van der Waals surface area contributed by atoms with Crippen molar-refractivity contribution in [1.82, 2.24) is 15.1 Å². The zero-order valence-electron chi connectivity index (χ0n) is 30.9. The lowest BCUT2D eigenvalue weighted by Crippen LogP contribution is -2.48. The third kappa shape index (κ3) is 12.1. The fourth-order valence-corrected chi connectivity index (χ4v) is 6.80. The van der Waals surface area contributed by atoms with E-state index in [9.17, 15) is 4.79 Å². The van der Waals surface area contributed by atoms with Gasteiger partial charge in [-0.05, 0) is 47.5 Å². The molecule has 5 aromatic carbocycles. The first kappa shape index (κ1) is 37.4. The van der Waals surface area contributed by atoms with Gasteiger partial charge in [-0.2, -0.15) is 0 Å². The summed E-state index contributed by atoms with van der Waals surface area (Å²) in [5.74, 6) is 0. The zero-order chi connectivity index (χ0) is 36.3. The summed E-state index contributed by atoms with van der Waals surface area (Å²) in [5.41, 5.74) is 6.33. The molecule has 3 heterocycles. The van der Waals surface area contributed by atoms with Crippen LogP contribution in [0.4, 0.5) is 21.9 Å². The molecule has 0 bridgehead atoms. The van der Waals surface area contributed by atoms with Gasteiger partial charge in [-0.3, -0.25) is 4.90 Å². The average molecular weight is 711 g/mol. The van der Waals surface area contributed by atoms with Gasteiger partial charge < -0.3 is 29.7 Å². The molecule has 8 rings (SSSR count). The van der Waals surface area contributed by atoms with Gasteiger partial charge >= 0.3 is 6.09 Å². The molecule has 5 aromatic rings. The number of anilines is 3. The van der Waals surface area contributed by atoms with E-state index in [1.807, 2.05) is 48.5 Å². The van der Waals surface area contributed by atoms with Gasteiger partial charge in [0.25, 0.3) is 0 Å². The standard InChI is InChI=1S/C18H20N2O2.C17H20N2.C10H14N2/c21-18(22-15-16-7-3-1-4-8-16)20-13-11-19(12-14-20)17-9-5-2-6-10-17;1-3-7-16(8-4-1)15-18-11-13-19(14-12-18)17-9-5-2-6-10-17;1-2-4-10(5-3-1)12-8-6-11-7-9-12/h1-10H,11-15H2;1-10H,11-15H2;1-5,11H,6-9H2. The van der Waals surface area contributed by atoms with Crippen molar-refractivity contribution in [2.24, 2.45) is 0 Å². The minimum atomic E-state index is -0.225. The molecule has 0 atom stereocenters. The Morgan fingerprint density at radius 3 is 1.28 bits per heavy atom. The molecule has 0 unspecified atom stereocenters. The van der Waals surface area contributed by atoms with Crippen molar-refractivity contribution in [2.75, 3.05) is 93.2 Å². The fraction of sp³-hybridized carbons (Fsp3) is 0.311. The number of benzene rings is 5. The molecule has 3 aliphatic heterocycles. The molecule has 3 fully saturated rings. The van der Waals surface area contributed by atoms with Crippen molar-refractivity contribution in [3.05, 3.63) is 163 Å². The fourth-order valence-electron chi connectivity index (χ4n) is 6.80. The van der Waals surface area contributed by atoms with Crippen molar-refractivity contribution >= 4 is 23.2 Å². The van der Waals surface area contributed by atoms with Gasteiger partial charge in [0.1, 0.15) is 6.61 Å². The maximum Gasteiger partial charge on any atom is 0.410 e. The van der Waals surface area contributed by atoms with Crippen LogP contribution in [0, 0.1) is 0 Å². The van der Waals surface area contributed by atoms with E-state index < -0.39 is 0 Å². The number of para-hydroxylation sites is 3. The van der Waals surface area contributed by atoms with Gasteiger partial charge in [-0.15, -0.1) is 0 Å². The predicted octanol–water partition coefficient (Wildman–Crippen LogP) is 7.25. The van der Waals surface area contributed by atoms with Crippen molar-refractivity contribution in [3.8, 4) is 0 Å². The predicted molar refractivity (Wildman–Crippen MR) is 219 cm³/mol. The molecule has 1 N–H and O–H groups in total. The van der Waals surface area contributed by atoms with Crippen LogP contribution in [0.1, 0.15) is 11.1 Å². The molecular formula is C45H54N6O2. The Bertz CT molecular complexity index is 1710. The van der Waals surface area contributed by atoms with E-state index in [4.69, 9.17) is 4.74 Å². The molecular weight excluding hydrogens is 657 g/mol. The Balaban J connectivity index is 0.000000142. The molecule has 276 valence electrons. The number of carbonyl (C=O) groups is 1. The Morgan fingerprint density at radius 1 is 0.453 bits per heavy atom. The molecule has 0 saturated carbocycles. The van der Waals surface area contributed by atoms with Crippen molar-refractivity contribution in [1.29, 1.82) is 0 Å². The largest absolute Gasteiger partial charge is 0.445 e. The second-order valence-corrected chi connectivity index (χ2v) is 13.5. The first-order valence-corrected chi connectivity index (χ1v) is 19.0. The van der Waals surface area contributed by atoms with E-state index in [2.05, 4.69) is 128 Å². The Labute approximate surface area is 316 Å². The molecule has 8 nitrogen and oxygen atoms in total. The number of amides is 1. The molecule has 3 aliphatic rings. The van der Waals surface area contributed by atoms with Gasteiger partial charge in [0, 0.05) is 102 Å². The lowest BCUT2D eigenvalue weighted by atomic mass is 10.2. The Morgan fingerprint density at radius 2 is 0.830 bits per heavy atom. The van der Waals surface area contributed by atoms with Gasteiger partial charge in [-0.1, -0.05) is 115 Å². The van der Waals surface area contributed by atoms with Crippen LogP contribution in [0.3, 0.4) is 0 Å². The molecule has 8 heteroatoms. The highest BCUT2D eigenvalue weighted by atomic mass is 16.6. The van der Waals surface area contributed by atoms with Gasteiger partial charge in [0.05, 0.1) is 0 Å². The summed E-state index contributed by atoms with van der Waals surface area (Å²) in [6.07, 6.45) is -0.225. The number of hydrogen-bond acceptors (Lipinski definition) is 7. The van der Waals surface area contributed by atoms with E-state index in [0.717, 1.165) is 77.6 Å². The highest BCUT2D eigenvalue weighted by Crippen LogP contribution is 2.18. The summed E-state index contributed by atoms with van der Waals surface area (Å²) in [6, 6.07) is 52.1. The molecule has 3 saturated heterocycles. The quantitative estimate of drug-likeness (QED) is 0.191. The van der Waals surface area contributed by atoms with Crippen LogP contribution in [0.25, 0.3) is 0 Å². The summed E-state index contributed by atoms with van der Waals surface area (Å²) >= 11 is 0. The molecule has 0 aromatic heterocycles. The Kier molecular flexibility index (Phi) is 14.6. The number of ether oxygens (including phenoxy) is 1. The van der Waals surface area contributed by atoms with Gasteiger partial charge in [0.2, 0.25) is 0 Å². The number of nitrogens with one attached hydrogen (secondary N) is 1. The Hall–Kier alpha value is -5.31. The lowest BCUT2D eigenvalue weighted by Gasteiger charge is -2.36. The topological polar surface area (TPSA) is 54.5 Å². The SMILES string of the molecule is O=C(OCc1ccccc1)N1CCN(c2ccccc2)CC1.c1ccc(CN2CCN(c3ccccc3)CC2)cc1.c1ccc(N2CCNCC2)cc1. The molecule has 53 heavy (non-hydrogen) atoms. The third-order valence-corrected chi connectivity index (χ3v) is 9.85. The van der Waals surface area contributed by atoms with E-state index in [1.165, 1.54) is 22.6 Å². The van der Waals surface area contributed by atoms with Crippen LogP contribution < -0.4 is 20.0 Å². The summed E-state index contributed by atoms with van der Waals surface area (Å²) in [4.78, 5) is 23.6. The van der Waals surface area contributed by atoms with E-state index in [-0.39, 0.29) is 6.09 Å². The third-order valence-electron chi connectivity index (χ3n) is 9.85. The average Bonchev–Trinajstić information content (AvgIpc) is 3.26. The second kappa shape index (κ2) is 20.7. The first-order chi connectivity index (χ1) is 26.2. The number of nitrogens with zero attached hydrogens (tertiary/aromatic N) is 5. The van der Waals surface area contributed by atoms with Gasteiger partial charge in [0.15, 0.2) is 0 Å². The minimum absolute atomic E-state index is 0.225. The highest BCUT2D eigenvalue weighted by Gasteiger charge is 2.22. The zero-order valence-corrected chi connectivity index (χ0v) is 30.9. The van der Waals surface area contributed by atoms with Crippen LogP contribution in [0.15, 0.2) is 152 Å².